The van der Waals surface area contributed by atoms with Crippen molar-refractivity contribution in [2.24, 2.45) is 0 Å². The fourth-order valence-electron chi connectivity index (χ4n) is 3.06. The van der Waals surface area contributed by atoms with Crippen molar-refractivity contribution < 1.29 is 13.2 Å². The molecule has 0 bridgehead atoms. The van der Waals surface area contributed by atoms with Gasteiger partial charge in [0.2, 0.25) is 15.9 Å². The number of amides is 1. The third kappa shape index (κ3) is 4.15. The lowest BCUT2D eigenvalue weighted by atomic mass is 10.2. The average molecular weight is 351 g/mol. The van der Waals surface area contributed by atoms with Crippen LogP contribution in [0.3, 0.4) is 0 Å². The van der Waals surface area contributed by atoms with Crippen LogP contribution in [0, 0.1) is 0 Å². The average Bonchev–Trinajstić information content (AvgIpc) is 3.41. The van der Waals surface area contributed by atoms with Gasteiger partial charge in [-0.3, -0.25) is 9.69 Å². The first-order chi connectivity index (χ1) is 11.5. The number of sulfonamides is 1. The molecule has 7 heteroatoms. The first-order valence-corrected chi connectivity index (χ1v) is 10.0. The van der Waals surface area contributed by atoms with Gasteiger partial charge < -0.3 is 5.32 Å². The number of hydrogen-bond donors (Lipinski definition) is 1. The van der Waals surface area contributed by atoms with Crippen LogP contribution in [0.15, 0.2) is 29.2 Å². The molecule has 3 rings (SSSR count). The minimum atomic E-state index is -3.48. The van der Waals surface area contributed by atoms with E-state index in [1.54, 1.807) is 24.3 Å². The molecular weight excluding hydrogens is 326 g/mol. The smallest absolute Gasteiger partial charge is 0.243 e. The van der Waals surface area contributed by atoms with Crippen molar-refractivity contribution in [2.45, 2.75) is 43.0 Å². The van der Waals surface area contributed by atoms with E-state index >= 15 is 0 Å². The molecule has 0 unspecified atom stereocenters. The number of carbonyl (C=O) groups is 1. The number of nitrogens with one attached hydrogen (secondary N) is 1. The minimum Gasteiger partial charge on any atom is -0.325 e. The quantitative estimate of drug-likeness (QED) is 0.850. The molecule has 1 saturated carbocycles. The van der Waals surface area contributed by atoms with Crippen LogP contribution in [-0.4, -0.2) is 56.3 Å². The van der Waals surface area contributed by atoms with E-state index in [-0.39, 0.29) is 10.8 Å². The van der Waals surface area contributed by atoms with E-state index in [1.165, 1.54) is 4.31 Å². The molecule has 1 heterocycles. The molecule has 0 radical (unpaired) electrons. The van der Waals surface area contributed by atoms with Crippen molar-refractivity contribution >= 4 is 21.6 Å². The van der Waals surface area contributed by atoms with Crippen molar-refractivity contribution in [3.05, 3.63) is 24.3 Å². The molecule has 132 valence electrons. The highest BCUT2D eigenvalue weighted by molar-refractivity contribution is 7.89. The summed E-state index contributed by atoms with van der Waals surface area (Å²) in [5.41, 5.74) is 0.530. The van der Waals surface area contributed by atoms with Gasteiger partial charge in [-0.05, 0) is 50.9 Å². The van der Waals surface area contributed by atoms with Crippen molar-refractivity contribution in [3.8, 4) is 0 Å². The summed E-state index contributed by atoms with van der Waals surface area (Å²) in [6.07, 6.45) is 5.18. The molecule has 1 aliphatic carbocycles. The Bertz CT molecular complexity index is 695. The number of benzene rings is 1. The van der Waals surface area contributed by atoms with E-state index in [4.69, 9.17) is 0 Å². The molecule has 1 amide bonds. The second-order valence-electron chi connectivity index (χ2n) is 6.69. The lowest BCUT2D eigenvalue weighted by Crippen LogP contribution is -2.35. The summed E-state index contributed by atoms with van der Waals surface area (Å²) in [5.74, 6) is -0.114. The minimum absolute atomic E-state index is 0.114. The zero-order valence-corrected chi connectivity index (χ0v) is 14.9. The SMILES string of the molecule is CN(CC(=O)Nc1cccc(S(=O)(=O)N2CCCCC2)c1)C1CC1. The number of likely N-dealkylation sites (N-methyl/N-ethyl adjacent to an activating group) is 1. The molecule has 2 aliphatic rings. The van der Waals surface area contributed by atoms with Crippen molar-refractivity contribution in [1.29, 1.82) is 0 Å². The highest BCUT2D eigenvalue weighted by Gasteiger charge is 2.28. The third-order valence-electron chi connectivity index (χ3n) is 4.63. The summed E-state index contributed by atoms with van der Waals surface area (Å²) in [5, 5.41) is 2.81. The van der Waals surface area contributed by atoms with Crippen LogP contribution in [0.2, 0.25) is 0 Å². The summed E-state index contributed by atoms with van der Waals surface area (Å²) in [4.78, 5) is 14.4. The molecule has 0 aromatic heterocycles. The lowest BCUT2D eigenvalue weighted by molar-refractivity contribution is -0.117. The first-order valence-electron chi connectivity index (χ1n) is 8.57. The molecule has 1 aromatic carbocycles. The van der Waals surface area contributed by atoms with Gasteiger partial charge in [0.05, 0.1) is 11.4 Å². The first kappa shape index (κ1) is 17.4. The van der Waals surface area contributed by atoms with Crippen molar-refractivity contribution in [1.82, 2.24) is 9.21 Å². The Labute approximate surface area is 143 Å². The maximum absolute atomic E-state index is 12.7. The molecule has 2 fully saturated rings. The zero-order valence-electron chi connectivity index (χ0n) is 14.1. The van der Waals surface area contributed by atoms with Crippen LogP contribution in [0.25, 0.3) is 0 Å². The van der Waals surface area contributed by atoms with Crippen molar-refractivity contribution in [3.63, 3.8) is 0 Å². The van der Waals surface area contributed by atoms with E-state index < -0.39 is 10.0 Å². The van der Waals surface area contributed by atoms with Gasteiger partial charge in [-0.25, -0.2) is 8.42 Å². The van der Waals surface area contributed by atoms with Crippen LogP contribution in [0.5, 0.6) is 0 Å². The van der Waals surface area contributed by atoms with E-state index in [2.05, 4.69) is 5.32 Å². The van der Waals surface area contributed by atoms with Crippen LogP contribution in [0.1, 0.15) is 32.1 Å². The largest absolute Gasteiger partial charge is 0.325 e. The zero-order chi connectivity index (χ0) is 17.2. The van der Waals surface area contributed by atoms with E-state index in [9.17, 15) is 13.2 Å². The van der Waals surface area contributed by atoms with Crippen LogP contribution >= 0.6 is 0 Å². The van der Waals surface area contributed by atoms with Crippen molar-refractivity contribution in [2.75, 3.05) is 32.0 Å². The van der Waals surface area contributed by atoms with Gasteiger partial charge in [0.1, 0.15) is 0 Å². The molecule has 0 spiro atoms. The Morgan fingerprint density at radius 3 is 2.62 bits per heavy atom. The number of piperidine rings is 1. The molecule has 1 N–H and O–H groups in total. The number of carbonyl (C=O) groups excluding carboxylic acids is 1. The van der Waals surface area contributed by atoms with Gasteiger partial charge in [-0.2, -0.15) is 4.31 Å². The van der Waals surface area contributed by atoms with Gasteiger partial charge >= 0.3 is 0 Å². The molecular formula is C17H25N3O3S. The highest BCUT2D eigenvalue weighted by atomic mass is 32.2. The Morgan fingerprint density at radius 1 is 1.25 bits per heavy atom. The predicted octanol–water partition coefficient (Wildman–Crippen LogP) is 1.89. The fourth-order valence-corrected chi connectivity index (χ4v) is 4.62. The van der Waals surface area contributed by atoms with Gasteiger partial charge in [0.25, 0.3) is 0 Å². The summed E-state index contributed by atoms with van der Waals surface area (Å²) >= 11 is 0. The van der Waals surface area contributed by atoms with Crippen LogP contribution in [-0.2, 0) is 14.8 Å². The number of anilines is 1. The summed E-state index contributed by atoms with van der Waals surface area (Å²) < 4.78 is 27.0. The molecule has 0 atom stereocenters. The molecule has 6 nitrogen and oxygen atoms in total. The Kier molecular flexibility index (Phi) is 5.22. The van der Waals surface area contributed by atoms with Gasteiger partial charge in [0, 0.05) is 24.8 Å². The highest BCUT2D eigenvalue weighted by Crippen LogP contribution is 2.25. The normalized spacial score (nSPS) is 19.4. The molecule has 24 heavy (non-hydrogen) atoms. The maximum Gasteiger partial charge on any atom is 0.243 e. The fraction of sp³-hybridized carbons (Fsp3) is 0.588. The van der Waals surface area contributed by atoms with Gasteiger partial charge in [0.15, 0.2) is 0 Å². The Morgan fingerprint density at radius 2 is 1.96 bits per heavy atom. The summed E-state index contributed by atoms with van der Waals surface area (Å²) in [7, 11) is -1.54. The van der Waals surface area contributed by atoms with Gasteiger partial charge in [-0.1, -0.05) is 12.5 Å². The topological polar surface area (TPSA) is 69.7 Å². The maximum atomic E-state index is 12.7. The molecule has 1 aliphatic heterocycles. The van der Waals surface area contributed by atoms with Gasteiger partial charge in [-0.15, -0.1) is 0 Å². The van der Waals surface area contributed by atoms with E-state index in [0.717, 1.165) is 32.1 Å². The third-order valence-corrected chi connectivity index (χ3v) is 6.53. The molecule has 1 aromatic rings. The van der Waals surface area contributed by atoms with E-state index in [1.807, 2.05) is 11.9 Å². The summed E-state index contributed by atoms with van der Waals surface area (Å²) in [6.45, 7) is 1.48. The molecule has 1 saturated heterocycles. The standard InChI is InChI=1S/C17H25N3O3S/c1-19(15-8-9-15)13-17(21)18-14-6-5-7-16(12-14)24(22,23)20-10-3-2-4-11-20/h5-7,12,15H,2-4,8-11,13H2,1H3,(H,18,21). The lowest BCUT2D eigenvalue weighted by Gasteiger charge is -2.26. The van der Waals surface area contributed by atoms with Crippen LogP contribution in [0.4, 0.5) is 5.69 Å². The number of hydrogen-bond acceptors (Lipinski definition) is 4. The second kappa shape index (κ2) is 7.21. The monoisotopic (exact) mass is 351 g/mol. The summed E-state index contributed by atoms with van der Waals surface area (Å²) in [6, 6.07) is 7.07. The van der Waals surface area contributed by atoms with Crippen LogP contribution < -0.4 is 5.32 Å². The predicted molar refractivity (Wildman–Crippen MR) is 93.3 cm³/mol. The number of nitrogens with zero attached hydrogens (tertiary/aromatic N) is 2. The number of rotatable bonds is 6. The Balaban J connectivity index is 1.67. The second-order valence-corrected chi connectivity index (χ2v) is 8.62. The Hall–Kier alpha value is -1.44. The van der Waals surface area contributed by atoms with E-state index in [0.29, 0.717) is 31.4 Å².